The van der Waals surface area contributed by atoms with Crippen LogP contribution in [-0.4, -0.2) is 29.7 Å². The number of nitrogens with zero attached hydrogens (tertiary/aromatic N) is 1. The van der Waals surface area contributed by atoms with Gasteiger partial charge in [0.1, 0.15) is 10.6 Å². The molecule has 2 bridgehead atoms. The van der Waals surface area contributed by atoms with E-state index in [0.29, 0.717) is 30.0 Å². The number of anilines is 1. The summed E-state index contributed by atoms with van der Waals surface area (Å²) >= 11 is 7.59. The van der Waals surface area contributed by atoms with Crippen molar-refractivity contribution < 1.29 is 31.5 Å². The van der Waals surface area contributed by atoms with Crippen molar-refractivity contribution in [3.05, 3.63) is 75.0 Å². The molecule has 5 rings (SSSR count). The Morgan fingerprint density at radius 2 is 1.75 bits per heavy atom. The van der Waals surface area contributed by atoms with Gasteiger partial charge in [0, 0.05) is 35.0 Å². The third kappa shape index (κ3) is 4.11. The van der Waals surface area contributed by atoms with Crippen LogP contribution in [0.25, 0.3) is 0 Å². The van der Waals surface area contributed by atoms with Crippen LogP contribution in [0.2, 0.25) is 5.02 Å². The third-order valence-electron chi connectivity index (χ3n) is 7.16. The lowest BCUT2D eigenvalue weighted by molar-refractivity contribution is -0.0647. The number of amides is 1. The molecule has 190 valence electrons. The molecular weight excluding hydrogens is 537 g/mol. The molecule has 2 saturated carbocycles. The number of thiazole rings is 1. The number of benzene rings is 2. The predicted octanol–water partition coefficient (Wildman–Crippen LogP) is 5.32. The summed E-state index contributed by atoms with van der Waals surface area (Å²) in [6.45, 7) is 0. The Bertz CT molecular complexity index is 1410. The van der Waals surface area contributed by atoms with Gasteiger partial charge in [-0.05, 0) is 55.7 Å². The number of rotatable bonds is 5. The molecule has 1 amide bonds. The summed E-state index contributed by atoms with van der Waals surface area (Å²) < 4.78 is 67.5. The molecule has 1 unspecified atom stereocenters. The predicted molar refractivity (Wildman–Crippen MR) is 128 cm³/mol. The lowest BCUT2D eigenvalue weighted by Crippen LogP contribution is -2.45. The van der Waals surface area contributed by atoms with Crippen molar-refractivity contribution in [3.8, 4) is 0 Å². The van der Waals surface area contributed by atoms with Gasteiger partial charge < -0.3 is 10.4 Å². The second-order valence-electron chi connectivity index (χ2n) is 9.13. The van der Waals surface area contributed by atoms with E-state index < -0.39 is 44.0 Å². The maximum atomic E-state index is 13.6. The molecule has 12 heteroatoms. The summed E-state index contributed by atoms with van der Waals surface area (Å²) in [6, 6.07) is 4.89. The summed E-state index contributed by atoms with van der Waals surface area (Å²) in [5.41, 5.74) is -1.60. The number of nitrogens with one attached hydrogen (secondary N) is 1. The highest BCUT2D eigenvalue weighted by Gasteiger charge is 2.57. The van der Waals surface area contributed by atoms with E-state index in [1.54, 1.807) is 11.6 Å². The van der Waals surface area contributed by atoms with Crippen molar-refractivity contribution >= 4 is 44.4 Å². The molecule has 4 atom stereocenters. The van der Waals surface area contributed by atoms with Crippen molar-refractivity contribution in [2.75, 3.05) is 5.32 Å². The van der Waals surface area contributed by atoms with Crippen molar-refractivity contribution in [3.63, 3.8) is 0 Å². The molecule has 1 aromatic heterocycles. The summed E-state index contributed by atoms with van der Waals surface area (Å²) in [5.74, 6) is -6.04. The van der Waals surface area contributed by atoms with Crippen LogP contribution in [0.3, 0.4) is 0 Å². The first-order valence-electron chi connectivity index (χ1n) is 11.1. The molecule has 6 nitrogen and oxygen atoms in total. The minimum atomic E-state index is -4.00. The lowest BCUT2D eigenvalue weighted by Gasteiger charge is -2.41. The second kappa shape index (κ2) is 9.13. The van der Waals surface area contributed by atoms with Crippen molar-refractivity contribution in [2.24, 2.45) is 11.8 Å². The number of aromatic nitrogens is 1. The summed E-state index contributed by atoms with van der Waals surface area (Å²) in [5, 5.41) is 15.2. The van der Waals surface area contributed by atoms with Gasteiger partial charge in [-0.25, -0.2) is 26.6 Å². The average Bonchev–Trinajstić information content (AvgIpc) is 3.40. The molecule has 2 aromatic carbocycles. The number of halogens is 4. The van der Waals surface area contributed by atoms with E-state index in [9.17, 15) is 31.5 Å². The summed E-state index contributed by atoms with van der Waals surface area (Å²) in [4.78, 5) is 16.7. The van der Waals surface area contributed by atoms with Crippen molar-refractivity contribution in [2.45, 2.75) is 41.4 Å². The highest BCUT2D eigenvalue weighted by atomic mass is 35.5. The van der Waals surface area contributed by atoms with Crippen molar-refractivity contribution in [1.82, 2.24) is 4.98 Å². The minimum absolute atomic E-state index is 0.0708. The number of carbonyl (C=O) groups excluding carboxylic acids is 1. The zero-order chi connectivity index (χ0) is 25.8. The monoisotopic (exact) mass is 556 g/mol. The maximum absolute atomic E-state index is 13.6. The number of fused-ring (bicyclic) bond motifs is 2. The van der Waals surface area contributed by atoms with Gasteiger partial charge in [-0.15, -0.1) is 11.3 Å². The highest BCUT2D eigenvalue weighted by Crippen LogP contribution is 2.57. The van der Waals surface area contributed by atoms with Gasteiger partial charge >= 0.3 is 0 Å². The molecule has 2 fully saturated rings. The van der Waals surface area contributed by atoms with Crippen LogP contribution in [0, 0.1) is 29.3 Å². The first-order valence-corrected chi connectivity index (χ1v) is 13.9. The Kier molecular flexibility index (Phi) is 6.39. The molecule has 0 aliphatic heterocycles. The third-order valence-corrected chi connectivity index (χ3v) is 10.7. The molecule has 1 heterocycles. The fourth-order valence-electron chi connectivity index (χ4n) is 5.40. The fraction of sp³-hybridized carbons (Fsp3) is 0.333. The Morgan fingerprint density at radius 1 is 1.11 bits per heavy atom. The molecular formula is C24H20ClF3N2O4S2. The zero-order valence-electron chi connectivity index (χ0n) is 18.5. The maximum Gasteiger partial charge on any atom is 0.255 e. The Hall–Kier alpha value is -2.47. The molecule has 0 spiro atoms. The lowest BCUT2D eigenvalue weighted by atomic mass is 9.74. The molecule has 0 saturated heterocycles. The van der Waals surface area contributed by atoms with Crippen LogP contribution < -0.4 is 5.32 Å². The van der Waals surface area contributed by atoms with Crippen LogP contribution in [0.5, 0.6) is 0 Å². The van der Waals surface area contributed by atoms with Gasteiger partial charge in [0.05, 0.1) is 15.2 Å². The van der Waals surface area contributed by atoms with Crippen molar-refractivity contribution in [1.29, 1.82) is 0 Å². The van der Waals surface area contributed by atoms with Crippen LogP contribution >= 0.6 is 22.9 Å². The molecule has 3 aromatic rings. The number of hydrogen-bond acceptors (Lipinski definition) is 6. The molecule has 2 aliphatic carbocycles. The Balaban J connectivity index is 1.41. The van der Waals surface area contributed by atoms with Crippen LogP contribution in [0.15, 0.2) is 46.8 Å². The van der Waals surface area contributed by atoms with E-state index in [4.69, 9.17) is 11.6 Å². The number of carbonyl (C=O) groups is 1. The van der Waals surface area contributed by atoms with Gasteiger partial charge in [-0.3, -0.25) is 4.79 Å². The standard InChI is InChI=1S/C24H20ClF3N2O4S2/c25-17-4-1-12(22(31)30-15-10-18(26)21(28)19(27)11-15)7-20(17)36(33,34)16-8-13-2-3-14(9-16)24(13,32)23-29-5-6-35-23/h1,4-7,10-11,13-14,16,32H,2-3,8-9H2,(H,30,31)/t13-,14?,16-,24-/m0/s1. The Labute approximate surface area is 214 Å². The summed E-state index contributed by atoms with van der Waals surface area (Å²) in [6.07, 6.45) is 3.40. The number of aliphatic hydroxyl groups is 1. The first kappa shape index (κ1) is 25.2. The van der Waals surface area contributed by atoms with Crippen LogP contribution in [0.4, 0.5) is 18.9 Å². The quantitative estimate of drug-likeness (QED) is 0.415. The van der Waals surface area contributed by atoms with Gasteiger partial charge in [-0.1, -0.05) is 11.6 Å². The van der Waals surface area contributed by atoms with E-state index in [2.05, 4.69) is 10.3 Å². The number of sulfone groups is 1. The SMILES string of the molecule is O=C(Nc1cc(F)c(F)c(F)c1)c1ccc(Cl)c(S(=O)(=O)[C@@H]2CC3CC[C@@H](C2)[C@@]3(O)c2nccs2)c1. The number of hydrogen-bond donors (Lipinski definition) is 2. The zero-order valence-corrected chi connectivity index (χ0v) is 20.9. The van der Waals surface area contributed by atoms with E-state index in [0.717, 1.165) is 6.07 Å². The minimum Gasteiger partial charge on any atom is -0.382 e. The van der Waals surface area contributed by atoms with Crippen LogP contribution in [-0.2, 0) is 15.4 Å². The van der Waals surface area contributed by atoms with E-state index >= 15 is 0 Å². The van der Waals surface area contributed by atoms with E-state index in [-0.39, 0.29) is 45.8 Å². The van der Waals surface area contributed by atoms with Gasteiger partial charge in [-0.2, -0.15) is 0 Å². The fourth-order valence-corrected chi connectivity index (χ4v) is 8.69. The molecule has 2 aliphatic rings. The average molecular weight is 557 g/mol. The second-order valence-corrected chi connectivity index (χ2v) is 12.6. The van der Waals surface area contributed by atoms with Gasteiger partial charge in [0.2, 0.25) is 0 Å². The van der Waals surface area contributed by atoms with E-state index in [1.165, 1.54) is 23.5 Å². The van der Waals surface area contributed by atoms with Gasteiger partial charge in [0.25, 0.3) is 5.91 Å². The highest BCUT2D eigenvalue weighted by molar-refractivity contribution is 7.92. The van der Waals surface area contributed by atoms with E-state index in [1.807, 2.05) is 0 Å². The smallest absolute Gasteiger partial charge is 0.255 e. The normalized spacial score (nSPS) is 25.6. The van der Waals surface area contributed by atoms with Gasteiger partial charge in [0.15, 0.2) is 27.3 Å². The molecule has 36 heavy (non-hydrogen) atoms. The molecule has 2 N–H and O–H groups in total. The first-order chi connectivity index (χ1) is 17.0. The molecule has 0 radical (unpaired) electrons. The Morgan fingerprint density at radius 3 is 2.33 bits per heavy atom. The summed E-state index contributed by atoms with van der Waals surface area (Å²) in [7, 11) is -4.00. The van der Waals surface area contributed by atoms with Crippen LogP contribution in [0.1, 0.15) is 41.0 Å². The topological polar surface area (TPSA) is 96.4 Å². The largest absolute Gasteiger partial charge is 0.382 e.